The minimum absolute atomic E-state index is 0.0313. The van der Waals surface area contributed by atoms with Gasteiger partial charge in [-0.15, -0.1) is 0 Å². The number of aliphatic hydroxyl groups excluding tert-OH is 1. The number of hydrogen-bond donors (Lipinski definition) is 1. The molecule has 1 N–H and O–H groups in total. The summed E-state index contributed by atoms with van der Waals surface area (Å²) >= 11 is 0. The van der Waals surface area contributed by atoms with Crippen molar-refractivity contribution in [1.82, 2.24) is 0 Å². The molecule has 1 fully saturated rings. The lowest BCUT2D eigenvalue weighted by Crippen LogP contribution is -2.42. The first-order valence-corrected chi connectivity index (χ1v) is 5.95. The summed E-state index contributed by atoms with van der Waals surface area (Å²) in [5, 5.41) is 19.8. The zero-order chi connectivity index (χ0) is 13.1. The average Bonchev–Trinajstić information content (AvgIpc) is 2.38. The molecule has 1 saturated heterocycles. The summed E-state index contributed by atoms with van der Waals surface area (Å²) in [5.74, 6) is -0.607. The molecule has 0 saturated carbocycles. The van der Waals surface area contributed by atoms with Crippen LogP contribution in [0.4, 0.5) is 15.8 Å². The van der Waals surface area contributed by atoms with Gasteiger partial charge >= 0.3 is 0 Å². The van der Waals surface area contributed by atoms with Gasteiger partial charge in [-0.2, -0.15) is 0 Å². The van der Waals surface area contributed by atoms with Gasteiger partial charge in [-0.25, -0.2) is 4.39 Å². The number of nitro groups is 1. The Labute approximate surface area is 104 Å². The Balaban J connectivity index is 2.29. The Morgan fingerprint density at radius 1 is 1.50 bits per heavy atom. The number of nitro benzene ring substituents is 1. The van der Waals surface area contributed by atoms with Crippen LogP contribution in [0, 0.1) is 15.9 Å². The van der Waals surface area contributed by atoms with E-state index in [0.717, 1.165) is 25.3 Å². The lowest BCUT2D eigenvalue weighted by molar-refractivity contribution is -0.385. The molecule has 0 aliphatic carbocycles. The van der Waals surface area contributed by atoms with Crippen LogP contribution >= 0.6 is 0 Å². The van der Waals surface area contributed by atoms with Gasteiger partial charge in [0.1, 0.15) is 0 Å². The molecule has 0 amide bonds. The van der Waals surface area contributed by atoms with Crippen molar-refractivity contribution in [2.24, 2.45) is 0 Å². The van der Waals surface area contributed by atoms with Crippen LogP contribution in [-0.2, 0) is 0 Å². The van der Waals surface area contributed by atoms with Crippen LogP contribution in [0.15, 0.2) is 18.2 Å². The third kappa shape index (κ3) is 2.43. The maximum Gasteiger partial charge on any atom is 0.272 e. The average molecular weight is 254 g/mol. The molecule has 1 atom stereocenters. The fraction of sp³-hybridized carbons (Fsp3) is 0.500. The maximum absolute atomic E-state index is 13.9. The van der Waals surface area contributed by atoms with Crippen LogP contribution in [0.2, 0.25) is 0 Å². The van der Waals surface area contributed by atoms with E-state index in [1.807, 2.05) is 0 Å². The van der Waals surface area contributed by atoms with Crippen molar-refractivity contribution >= 4 is 11.4 Å². The van der Waals surface area contributed by atoms with E-state index >= 15 is 0 Å². The van der Waals surface area contributed by atoms with Crippen LogP contribution in [0.5, 0.6) is 0 Å². The van der Waals surface area contributed by atoms with Gasteiger partial charge in [0.15, 0.2) is 5.82 Å². The fourth-order valence-corrected chi connectivity index (χ4v) is 2.35. The molecule has 0 spiro atoms. The van der Waals surface area contributed by atoms with E-state index in [-0.39, 0.29) is 18.3 Å². The van der Waals surface area contributed by atoms with Gasteiger partial charge in [-0.3, -0.25) is 10.1 Å². The predicted molar refractivity (Wildman–Crippen MR) is 65.1 cm³/mol. The highest BCUT2D eigenvalue weighted by Crippen LogP contribution is 2.29. The molecule has 5 nitrogen and oxygen atoms in total. The van der Waals surface area contributed by atoms with Crippen molar-refractivity contribution < 1.29 is 14.4 Å². The number of non-ortho nitro benzene ring substituents is 1. The van der Waals surface area contributed by atoms with Crippen LogP contribution in [0.25, 0.3) is 0 Å². The van der Waals surface area contributed by atoms with E-state index < -0.39 is 10.7 Å². The predicted octanol–water partition coefficient (Wildman–Crippen LogP) is 2.09. The van der Waals surface area contributed by atoms with Crippen LogP contribution in [-0.4, -0.2) is 29.2 Å². The van der Waals surface area contributed by atoms with Gasteiger partial charge in [0, 0.05) is 12.6 Å². The smallest absolute Gasteiger partial charge is 0.272 e. The molecular formula is C12H15FN2O3. The van der Waals surface area contributed by atoms with Crippen LogP contribution < -0.4 is 4.90 Å². The highest BCUT2D eigenvalue weighted by Gasteiger charge is 2.25. The summed E-state index contributed by atoms with van der Waals surface area (Å²) in [4.78, 5) is 11.7. The van der Waals surface area contributed by atoms with Crippen molar-refractivity contribution in [3.63, 3.8) is 0 Å². The third-order valence-electron chi connectivity index (χ3n) is 3.29. The number of nitrogens with zero attached hydrogens (tertiary/aromatic N) is 2. The third-order valence-corrected chi connectivity index (χ3v) is 3.29. The number of halogens is 1. The summed E-state index contributed by atoms with van der Waals surface area (Å²) < 4.78 is 13.9. The second kappa shape index (κ2) is 5.30. The van der Waals surface area contributed by atoms with E-state index in [0.29, 0.717) is 12.2 Å². The molecular weight excluding hydrogens is 239 g/mol. The topological polar surface area (TPSA) is 66.6 Å². The van der Waals surface area contributed by atoms with Gasteiger partial charge < -0.3 is 10.0 Å². The van der Waals surface area contributed by atoms with Crippen LogP contribution in [0.1, 0.15) is 19.3 Å². The summed E-state index contributed by atoms with van der Waals surface area (Å²) in [5.41, 5.74) is 0.0770. The minimum Gasteiger partial charge on any atom is -0.394 e. The lowest BCUT2D eigenvalue weighted by atomic mass is 10.0. The molecule has 1 aliphatic heterocycles. The molecule has 0 radical (unpaired) electrons. The zero-order valence-corrected chi connectivity index (χ0v) is 9.88. The molecule has 98 valence electrons. The summed E-state index contributed by atoms with van der Waals surface area (Å²) in [6, 6.07) is 3.54. The largest absolute Gasteiger partial charge is 0.394 e. The van der Waals surface area contributed by atoms with E-state index in [1.165, 1.54) is 12.1 Å². The Kier molecular flexibility index (Phi) is 3.76. The number of benzene rings is 1. The number of rotatable bonds is 3. The maximum atomic E-state index is 13.9. The monoisotopic (exact) mass is 254 g/mol. The summed E-state index contributed by atoms with van der Waals surface area (Å²) in [6.45, 7) is 0.635. The van der Waals surface area contributed by atoms with Crippen molar-refractivity contribution in [2.45, 2.75) is 25.3 Å². The van der Waals surface area contributed by atoms with Crippen molar-refractivity contribution in [3.8, 4) is 0 Å². The first kappa shape index (κ1) is 12.8. The molecule has 1 aliphatic rings. The number of hydrogen-bond acceptors (Lipinski definition) is 4. The fourth-order valence-electron chi connectivity index (χ4n) is 2.35. The van der Waals surface area contributed by atoms with E-state index in [9.17, 15) is 19.6 Å². The molecule has 6 heteroatoms. The van der Waals surface area contributed by atoms with Gasteiger partial charge in [0.05, 0.1) is 29.3 Å². The van der Waals surface area contributed by atoms with Gasteiger partial charge in [-0.1, -0.05) is 0 Å². The normalized spacial score (nSPS) is 19.9. The molecule has 1 aromatic carbocycles. The molecule has 18 heavy (non-hydrogen) atoms. The first-order chi connectivity index (χ1) is 8.63. The quantitative estimate of drug-likeness (QED) is 0.662. The van der Waals surface area contributed by atoms with Crippen molar-refractivity contribution in [1.29, 1.82) is 0 Å². The van der Waals surface area contributed by atoms with E-state index in [1.54, 1.807) is 4.90 Å². The Hall–Kier alpha value is -1.69. The number of anilines is 1. The molecule has 0 bridgehead atoms. The Bertz CT molecular complexity index is 453. The first-order valence-electron chi connectivity index (χ1n) is 5.95. The highest BCUT2D eigenvalue weighted by molar-refractivity contribution is 5.53. The Morgan fingerprint density at radius 2 is 2.28 bits per heavy atom. The molecule has 1 aromatic rings. The second-order valence-corrected chi connectivity index (χ2v) is 4.42. The molecule has 1 heterocycles. The zero-order valence-electron chi connectivity index (χ0n) is 9.88. The number of aliphatic hydroxyl groups is 1. The molecule has 0 aromatic heterocycles. The summed E-state index contributed by atoms with van der Waals surface area (Å²) in [7, 11) is 0. The van der Waals surface area contributed by atoms with Gasteiger partial charge in [0.2, 0.25) is 0 Å². The second-order valence-electron chi connectivity index (χ2n) is 4.42. The van der Waals surface area contributed by atoms with Crippen LogP contribution in [0.3, 0.4) is 0 Å². The van der Waals surface area contributed by atoms with E-state index in [2.05, 4.69) is 0 Å². The number of piperidine rings is 1. The standard InChI is InChI=1S/C12H15FN2O3/c13-11-7-9(15(17)18)4-5-12(11)14-6-2-1-3-10(14)8-16/h4-5,7,10,16H,1-3,6,8H2/t10-/m0/s1. The molecule has 2 rings (SSSR count). The minimum atomic E-state index is -0.618. The SMILES string of the molecule is O=[N+]([O-])c1ccc(N2CCCC[C@H]2CO)c(F)c1. The van der Waals surface area contributed by atoms with Crippen molar-refractivity contribution in [2.75, 3.05) is 18.1 Å². The van der Waals surface area contributed by atoms with Gasteiger partial charge in [-0.05, 0) is 25.3 Å². The van der Waals surface area contributed by atoms with E-state index in [4.69, 9.17) is 0 Å². The van der Waals surface area contributed by atoms with Crippen molar-refractivity contribution in [3.05, 3.63) is 34.1 Å². The lowest BCUT2D eigenvalue weighted by Gasteiger charge is -2.36. The molecule has 0 unspecified atom stereocenters. The highest BCUT2D eigenvalue weighted by atomic mass is 19.1. The Morgan fingerprint density at radius 3 is 2.89 bits per heavy atom. The summed E-state index contributed by atoms with van der Waals surface area (Å²) in [6.07, 6.45) is 2.76. The van der Waals surface area contributed by atoms with Gasteiger partial charge in [0.25, 0.3) is 5.69 Å².